The fourth-order valence-electron chi connectivity index (χ4n) is 3.27. The van der Waals surface area contributed by atoms with Crippen molar-refractivity contribution < 1.29 is 17.9 Å². The molecule has 1 aliphatic heterocycles. The molecule has 1 aromatic rings. The van der Waals surface area contributed by atoms with Crippen LogP contribution in [0, 0.1) is 0 Å². The van der Waals surface area contributed by atoms with Gasteiger partial charge in [0.1, 0.15) is 5.75 Å². The van der Waals surface area contributed by atoms with Gasteiger partial charge in [0.15, 0.2) is 0 Å². The van der Waals surface area contributed by atoms with Gasteiger partial charge in [-0.1, -0.05) is 6.92 Å². The molecule has 0 saturated carbocycles. The van der Waals surface area contributed by atoms with Crippen LogP contribution < -0.4 is 14.4 Å². The molecule has 1 N–H and O–H groups in total. The number of sulfonamides is 1. The number of nitrogens with one attached hydrogen (secondary N) is 1. The topological polar surface area (TPSA) is 79.0 Å². The molecule has 1 unspecified atom stereocenters. The molecule has 0 bridgehead atoms. The zero-order valence-electron chi connectivity index (χ0n) is 16.0. The Morgan fingerprint density at radius 1 is 1.38 bits per heavy atom. The van der Waals surface area contributed by atoms with E-state index in [0.717, 1.165) is 25.9 Å². The van der Waals surface area contributed by atoms with E-state index >= 15 is 0 Å². The first-order valence-corrected chi connectivity index (χ1v) is 10.6. The number of anilines is 1. The van der Waals surface area contributed by atoms with E-state index < -0.39 is 10.0 Å². The summed E-state index contributed by atoms with van der Waals surface area (Å²) in [6.07, 6.45) is 2.22. The molecule has 0 spiro atoms. The lowest BCUT2D eigenvalue weighted by atomic mass is 10.1. The normalized spacial score (nSPS) is 17.9. The third-order valence-corrected chi connectivity index (χ3v) is 6.75. The maximum atomic E-state index is 12.7. The van der Waals surface area contributed by atoms with Gasteiger partial charge in [0, 0.05) is 19.6 Å². The maximum Gasteiger partial charge on any atom is 0.255 e. The van der Waals surface area contributed by atoms with Crippen molar-refractivity contribution in [2.24, 2.45) is 0 Å². The lowest BCUT2D eigenvalue weighted by Crippen LogP contribution is -2.40. The average molecular weight is 384 g/mol. The molecule has 1 aliphatic rings. The second-order valence-electron chi connectivity index (χ2n) is 6.39. The number of hydrogen-bond donors (Lipinski definition) is 1. The summed E-state index contributed by atoms with van der Waals surface area (Å²) in [6.45, 7) is 6.32. The maximum absolute atomic E-state index is 12.7. The van der Waals surface area contributed by atoms with E-state index in [1.807, 2.05) is 0 Å². The average Bonchev–Trinajstić information content (AvgIpc) is 3.12. The summed E-state index contributed by atoms with van der Waals surface area (Å²) < 4.78 is 30.7. The molecule has 26 heavy (non-hydrogen) atoms. The summed E-state index contributed by atoms with van der Waals surface area (Å²) in [5.41, 5.74) is 0.776. The molecule has 146 valence electrons. The molecule has 0 radical (unpaired) electrons. The summed E-state index contributed by atoms with van der Waals surface area (Å²) in [7, 11) is -0.415. The van der Waals surface area contributed by atoms with Crippen molar-refractivity contribution in [2.45, 2.75) is 32.7 Å². The van der Waals surface area contributed by atoms with Crippen LogP contribution >= 0.6 is 0 Å². The van der Waals surface area contributed by atoms with Crippen molar-refractivity contribution in [2.75, 3.05) is 43.8 Å². The summed E-state index contributed by atoms with van der Waals surface area (Å²) in [4.78, 5) is 15.0. The van der Waals surface area contributed by atoms with E-state index in [-0.39, 0.29) is 11.7 Å². The Balaban J connectivity index is 2.18. The summed E-state index contributed by atoms with van der Waals surface area (Å²) >= 11 is 0. The molecule has 8 heteroatoms. The Hall–Kier alpha value is -1.80. The van der Waals surface area contributed by atoms with Gasteiger partial charge in [-0.2, -0.15) is 0 Å². The van der Waals surface area contributed by atoms with Gasteiger partial charge in [-0.05, 0) is 51.1 Å². The van der Waals surface area contributed by atoms with Gasteiger partial charge >= 0.3 is 0 Å². The molecule has 1 heterocycles. The number of likely N-dealkylation sites (tertiary alicyclic amines) is 1. The monoisotopic (exact) mass is 383 g/mol. The standard InChI is InChI=1S/C18H29N3O4S/c1-5-21-11-7-8-15(21)13-19-18(22)16-12-14(9-10-17(16)25-4)20(3)26(23,24)6-2/h9-10,12,15H,5-8,11,13H2,1-4H3,(H,19,22). The number of carbonyl (C=O) groups excluding carboxylic acids is 1. The van der Waals surface area contributed by atoms with Crippen molar-refractivity contribution in [1.82, 2.24) is 10.2 Å². The zero-order valence-corrected chi connectivity index (χ0v) is 16.8. The van der Waals surface area contributed by atoms with Gasteiger partial charge < -0.3 is 10.1 Å². The Morgan fingerprint density at radius 3 is 2.73 bits per heavy atom. The van der Waals surface area contributed by atoms with Crippen LogP contribution in [0.1, 0.15) is 37.0 Å². The van der Waals surface area contributed by atoms with E-state index in [1.54, 1.807) is 25.1 Å². The van der Waals surface area contributed by atoms with Crippen LogP contribution in [0.3, 0.4) is 0 Å². The van der Waals surface area contributed by atoms with Crippen LogP contribution in [0.2, 0.25) is 0 Å². The van der Waals surface area contributed by atoms with Crippen LogP contribution in [-0.2, 0) is 10.0 Å². The first kappa shape index (κ1) is 20.5. The predicted octanol–water partition coefficient (Wildman–Crippen LogP) is 1.70. The highest BCUT2D eigenvalue weighted by atomic mass is 32.2. The number of ether oxygens (including phenoxy) is 1. The Bertz CT molecular complexity index is 736. The largest absolute Gasteiger partial charge is 0.496 e. The van der Waals surface area contributed by atoms with Crippen molar-refractivity contribution in [3.05, 3.63) is 23.8 Å². The van der Waals surface area contributed by atoms with Gasteiger partial charge in [0.2, 0.25) is 10.0 Å². The van der Waals surface area contributed by atoms with Gasteiger partial charge in [-0.15, -0.1) is 0 Å². The minimum Gasteiger partial charge on any atom is -0.496 e. The molecule has 1 fully saturated rings. The molecule has 2 rings (SSSR count). The van der Waals surface area contributed by atoms with Crippen molar-refractivity contribution in [3.63, 3.8) is 0 Å². The first-order chi connectivity index (χ1) is 12.3. The number of amides is 1. The number of nitrogens with zero attached hydrogens (tertiary/aromatic N) is 2. The van der Waals surface area contributed by atoms with E-state index in [1.165, 1.54) is 18.5 Å². The molecule has 1 aromatic carbocycles. The molecule has 1 amide bonds. The molecular weight excluding hydrogens is 354 g/mol. The first-order valence-electron chi connectivity index (χ1n) is 9.00. The van der Waals surface area contributed by atoms with Gasteiger partial charge in [0.05, 0.1) is 24.1 Å². The molecule has 1 saturated heterocycles. The molecule has 0 aromatic heterocycles. The fourth-order valence-corrected chi connectivity index (χ4v) is 4.09. The number of benzene rings is 1. The van der Waals surface area contributed by atoms with Crippen molar-refractivity contribution >= 4 is 21.6 Å². The lowest BCUT2D eigenvalue weighted by Gasteiger charge is -2.23. The zero-order chi connectivity index (χ0) is 19.3. The highest BCUT2D eigenvalue weighted by Gasteiger charge is 2.24. The number of rotatable bonds is 8. The Kier molecular flexibility index (Phi) is 6.88. The van der Waals surface area contributed by atoms with Crippen LogP contribution in [0.5, 0.6) is 5.75 Å². The quantitative estimate of drug-likeness (QED) is 0.739. The highest BCUT2D eigenvalue weighted by molar-refractivity contribution is 7.92. The van der Waals surface area contributed by atoms with Crippen molar-refractivity contribution in [3.8, 4) is 5.75 Å². The lowest BCUT2D eigenvalue weighted by molar-refractivity contribution is 0.0938. The Morgan fingerprint density at radius 2 is 2.12 bits per heavy atom. The molecule has 7 nitrogen and oxygen atoms in total. The smallest absolute Gasteiger partial charge is 0.255 e. The van der Waals surface area contributed by atoms with E-state index in [0.29, 0.717) is 29.6 Å². The minimum atomic E-state index is -3.40. The van der Waals surface area contributed by atoms with E-state index in [2.05, 4.69) is 17.1 Å². The number of carbonyl (C=O) groups is 1. The van der Waals surface area contributed by atoms with Crippen LogP contribution in [0.25, 0.3) is 0 Å². The third-order valence-electron chi connectivity index (χ3n) is 4.98. The summed E-state index contributed by atoms with van der Waals surface area (Å²) in [5, 5.41) is 2.97. The van der Waals surface area contributed by atoms with Crippen molar-refractivity contribution in [1.29, 1.82) is 0 Å². The second kappa shape index (κ2) is 8.73. The van der Waals surface area contributed by atoms with E-state index in [9.17, 15) is 13.2 Å². The second-order valence-corrected chi connectivity index (χ2v) is 8.68. The SMILES string of the molecule is CCN1CCCC1CNC(=O)c1cc(N(C)S(=O)(=O)CC)ccc1OC. The minimum absolute atomic E-state index is 0.00834. The molecule has 0 aliphatic carbocycles. The third kappa shape index (κ3) is 4.48. The van der Waals surface area contributed by atoms with Gasteiger partial charge in [-0.25, -0.2) is 8.42 Å². The fraction of sp³-hybridized carbons (Fsp3) is 0.611. The summed E-state index contributed by atoms with van der Waals surface area (Å²) in [5.74, 6) is 0.159. The molecular formula is C18H29N3O4S. The number of methoxy groups -OCH3 is 1. The van der Waals surface area contributed by atoms with Crippen LogP contribution in [0.15, 0.2) is 18.2 Å². The highest BCUT2D eigenvalue weighted by Crippen LogP contribution is 2.26. The van der Waals surface area contributed by atoms with Crippen LogP contribution in [-0.4, -0.2) is 64.8 Å². The van der Waals surface area contributed by atoms with Gasteiger partial charge in [0.25, 0.3) is 5.91 Å². The number of hydrogen-bond acceptors (Lipinski definition) is 5. The molecule has 1 atom stereocenters. The van der Waals surface area contributed by atoms with E-state index in [4.69, 9.17) is 4.74 Å². The Labute approximate surface area is 156 Å². The predicted molar refractivity (Wildman–Crippen MR) is 103 cm³/mol. The van der Waals surface area contributed by atoms with Crippen LogP contribution in [0.4, 0.5) is 5.69 Å². The summed E-state index contributed by atoms with van der Waals surface area (Å²) in [6, 6.07) is 5.17. The number of likely N-dealkylation sites (N-methyl/N-ethyl adjacent to an activating group) is 1. The van der Waals surface area contributed by atoms with Gasteiger partial charge in [-0.3, -0.25) is 14.0 Å².